The second-order valence-corrected chi connectivity index (χ2v) is 6.78. The lowest BCUT2D eigenvalue weighted by atomic mass is 9.95. The second kappa shape index (κ2) is 6.53. The number of hydrogen-bond donors (Lipinski definition) is 1. The largest absolute Gasteiger partial charge is 0.360 e. The SMILES string of the molecule is O=C(CN1CCSc2ccccc21)NC1CCCCC1. The van der Waals surface area contributed by atoms with Crippen molar-refractivity contribution in [2.24, 2.45) is 0 Å². The van der Waals surface area contributed by atoms with Crippen molar-refractivity contribution in [3.8, 4) is 0 Å². The summed E-state index contributed by atoms with van der Waals surface area (Å²) in [6, 6.07) is 8.79. The van der Waals surface area contributed by atoms with Crippen LogP contribution in [0.15, 0.2) is 29.2 Å². The first-order valence-electron chi connectivity index (χ1n) is 7.59. The molecular weight excluding hydrogens is 268 g/mol. The van der Waals surface area contributed by atoms with Crippen molar-refractivity contribution in [1.29, 1.82) is 0 Å². The summed E-state index contributed by atoms with van der Waals surface area (Å²) in [4.78, 5) is 15.7. The molecule has 4 heteroatoms. The van der Waals surface area contributed by atoms with Gasteiger partial charge in [-0.25, -0.2) is 0 Å². The minimum atomic E-state index is 0.179. The summed E-state index contributed by atoms with van der Waals surface area (Å²) < 4.78 is 0. The summed E-state index contributed by atoms with van der Waals surface area (Å²) in [6.45, 7) is 1.45. The number of fused-ring (bicyclic) bond motifs is 1. The van der Waals surface area contributed by atoms with Gasteiger partial charge in [0.2, 0.25) is 5.91 Å². The van der Waals surface area contributed by atoms with E-state index in [1.54, 1.807) is 0 Å². The minimum absolute atomic E-state index is 0.179. The molecule has 0 aromatic heterocycles. The minimum Gasteiger partial charge on any atom is -0.360 e. The quantitative estimate of drug-likeness (QED) is 0.928. The summed E-state index contributed by atoms with van der Waals surface area (Å²) >= 11 is 1.88. The molecule has 0 bridgehead atoms. The third-order valence-corrected chi connectivity index (χ3v) is 5.17. The molecule has 3 rings (SSSR count). The van der Waals surface area contributed by atoms with Crippen molar-refractivity contribution in [3.05, 3.63) is 24.3 Å². The Bertz CT molecular complexity index is 471. The van der Waals surface area contributed by atoms with Gasteiger partial charge in [0.1, 0.15) is 0 Å². The average molecular weight is 290 g/mol. The second-order valence-electron chi connectivity index (χ2n) is 5.64. The van der Waals surface area contributed by atoms with Gasteiger partial charge in [-0.05, 0) is 25.0 Å². The van der Waals surface area contributed by atoms with Crippen molar-refractivity contribution >= 4 is 23.4 Å². The normalized spacial score (nSPS) is 19.5. The Labute approximate surface area is 125 Å². The van der Waals surface area contributed by atoms with Gasteiger partial charge in [0, 0.05) is 23.2 Å². The number of carbonyl (C=O) groups excluding carboxylic acids is 1. The molecule has 1 heterocycles. The molecule has 0 saturated heterocycles. The van der Waals surface area contributed by atoms with Gasteiger partial charge in [-0.3, -0.25) is 4.79 Å². The van der Waals surface area contributed by atoms with E-state index in [2.05, 4.69) is 34.5 Å². The highest BCUT2D eigenvalue weighted by Gasteiger charge is 2.21. The standard InChI is InChI=1S/C16H22N2OS/c19-16(17-13-6-2-1-3-7-13)12-18-10-11-20-15-9-5-4-8-14(15)18/h4-5,8-9,13H,1-3,6-7,10-12H2,(H,17,19). The van der Waals surface area contributed by atoms with E-state index in [9.17, 15) is 4.79 Å². The van der Waals surface area contributed by atoms with Crippen LogP contribution in [0, 0.1) is 0 Å². The van der Waals surface area contributed by atoms with Crippen LogP contribution in [-0.2, 0) is 4.79 Å². The fourth-order valence-electron chi connectivity index (χ4n) is 3.08. The molecule has 20 heavy (non-hydrogen) atoms. The van der Waals surface area contributed by atoms with E-state index in [1.807, 2.05) is 11.8 Å². The maximum Gasteiger partial charge on any atom is 0.239 e. The van der Waals surface area contributed by atoms with Gasteiger partial charge in [-0.15, -0.1) is 11.8 Å². The van der Waals surface area contributed by atoms with Crippen LogP contribution in [0.5, 0.6) is 0 Å². The predicted octanol–water partition coefficient (Wildman–Crippen LogP) is 3.05. The Morgan fingerprint density at radius 3 is 2.90 bits per heavy atom. The number of rotatable bonds is 3. The van der Waals surface area contributed by atoms with Gasteiger partial charge in [0.15, 0.2) is 0 Å². The smallest absolute Gasteiger partial charge is 0.239 e. The van der Waals surface area contributed by atoms with Gasteiger partial charge in [0.25, 0.3) is 0 Å². The van der Waals surface area contributed by atoms with E-state index in [0.717, 1.165) is 25.1 Å². The molecule has 1 amide bonds. The number of anilines is 1. The number of carbonyl (C=O) groups is 1. The fourth-order valence-corrected chi connectivity index (χ4v) is 4.14. The molecule has 1 N–H and O–H groups in total. The van der Waals surface area contributed by atoms with Crippen LogP contribution >= 0.6 is 11.8 Å². The molecule has 0 unspecified atom stereocenters. The van der Waals surface area contributed by atoms with Crippen molar-refractivity contribution in [2.45, 2.75) is 43.0 Å². The van der Waals surface area contributed by atoms with Crippen LogP contribution < -0.4 is 10.2 Å². The molecule has 1 aromatic rings. The van der Waals surface area contributed by atoms with Crippen LogP contribution in [0.2, 0.25) is 0 Å². The van der Waals surface area contributed by atoms with Crippen LogP contribution in [0.1, 0.15) is 32.1 Å². The number of nitrogens with one attached hydrogen (secondary N) is 1. The molecule has 1 aliphatic carbocycles. The first-order chi connectivity index (χ1) is 9.83. The van der Waals surface area contributed by atoms with E-state index < -0.39 is 0 Å². The highest BCUT2D eigenvalue weighted by atomic mass is 32.2. The van der Waals surface area contributed by atoms with Crippen LogP contribution in [0.3, 0.4) is 0 Å². The number of nitrogens with zero attached hydrogens (tertiary/aromatic N) is 1. The van der Waals surface area contributed by atoms with Crippen LogP contribution in [0.4, 0.5) is 5.69 Å². The molecule has 1 aliphatic heterocycles. The monoisotopic (exact) mass is 290 g/mol. The molecular formula is C16H22N2OS. The van der Waals surface area contributed by atoms with E-state index in [4.69, 9.17) is 0 Å². The predicted molar refractivity (Wildman–Crippen MR) is 84.4 cm³/mol. The zero-order valence-electron chi connectivity index (χ0n) is 11.8. The van der Waals surface area contributed by atoms with Crippen molar-refractivity contribution in [2.75, 3.05) is 23.7 Å². The first kappa shape index (κ1) is 13.8. The van der Waals surface area contributed by atoms with Gasteiger partial charge in [-0.1, -0.05) is 31.4 Å². The van der Waals surface area contributed by atoms with Gasteiger partial charge >= 0.3 is 0 Å². The third kappa shape index (κ3) is 3.29. The molecule has 1 fully saturated rings. The Kier molecular flexibility index (Phi) is 4.51. The summed E-state index contributed by atoms with van der Waals surface area (Å²) in [5.74, 6) is 1.24. The Hall–Kier alpha value is -1.16. The number of thioether (sulfide) groups is 1. The third-order valence-electron chi connectivity index (χ3n) is 4.13. The molecule has 1 aromatic carbocycles. The van der Waals surface area contributed by atoms with Crippen molar-refractivity contribution in [3.63, 3.8) is 0 Å². The van der Waals surface area contributed by atoms with Crippen LogP contribution in [0.25, 0.3) is 0 Å². The van der Waals surface area contributed by atoms with E-state index in [-0.39, 0.29) is 5.91 Å². The molecule has 3 nitrogen and oxygen atoms in total. The summed E-state index contributed by atoms with van der Waals surface area (Å²) in [5.41, 5.74) is 1.21. The molecule has 0 atom stereocenters. The maximum absolute atomic E-state index is 12.2. The summed E-state index contributed by atoms with van der Waals surface area (Å²) in [7, 11) is 0. The van der Waals surface area contributed by atoms with Gasteiger partial charge in [-0.2, -0.15) is 0 Å². The Morgan fingerprint density at radius 2 is 2.05 bits per heavy atom. The van der Waals surface area contributed by atoms with Crippen LogP contribution in [-0.4, -0.2) is 30.8 Å². The zero-order chi connectivity index (χ0) is 13.8. The maximum atomic E-state index is 12.2. The van der Waals surface area contributed by atoms with E-state index >= 15 is 0 Å². The number of hydrogen-bond acceptors (Lipinski definition) is 3. The highest BCUT2D eigenvalue weighted by Crippen LogP contribution is 2.33. The average Bonchev–Trinajstić information content (AvgIpc) is 2.48. The Balaban J connectivity index is 1.59. The zero-order valence-corrected chi connectivity index (χ0v) is 12.6. The molecule has 0 spiro atoms. The van der Waals surface area contributed by atoms with E-state index in [0.29, 0.717) is 12.6 Å². The van der Waals surface area contributed by atoms with Gasteiger partial charge in [0.05, 0.1) is 12.2 Å². The number of amides is 1. The Morgan fingerprint density at radius 1 is 1.25 bits per heavy atom. The molecule has 0 radical (unpaired) electrons. The van der Waals surface area contributed by atoms with E-state index in [1.165, 1.54) is 29.8 Å². The van der Waals surface area contributed by atoms with Crippen molar-refractivity contribution < 1.29 is 4.79 Å². The molecule has 2 aliphatic rings. The number of benzene rings is 1. The topological polar surface area (TPSA) is 32.3 Å². The fraction of sp³-hybridized carbons (Fsp3) is 0.562. The highest BCUT2D eigenvalue weighted by molar-refractivity contribution is 7.99. The lowest BCUT2D eigenvalue weighted by molar-refractivity contribution is -0.120. The summed E-state index contributed by atoms with van der Waals surface area (Å²) in [5, 5.41) is 3.21. The lowest BCUT2D eigenvalue weighted by Crippen LogP contribution is -2.44. The van der Waals surface area contributed by atoms with Crippen molar-refractivity contribution in [1.82, 2.24) is 5.32 Å². The first-order valence-corrected chi connectivity index (χ1v) is 8.57. The lowest BCUT2D eigenvalue weighted by Gasteiger charge is -2.31. The number of para-hydroxylation sites is 1. The molecule has 108 valence electrons. The van der Waals surface area contributed by atoms with Gasteiger partial charge < -0.3 is 10.2 Å². The summed E-state index contributed by atoms with van der Waals surface area (Å²) in [6.07, 6.45) is 6.14. The molecule has 1 saturated carbocycles.